The Morgan fingerprint density at radius 1 is 1.21 bits per heavy atom. The average Bonchev–Trinajstić information content (AvgIpc) is 2.95. The lowest BCUT2D eigenvalue weighted by atomic mass is 10.1. The topological polar surface area (TPSA) is 74.7 Å². The van der Waals surface area contributed by atoms with Gasteiger partial charge >= 0.3 is 12.3 Å². The summed E-state index contributed by atoms with van der Waals surface area (Å²) in [7, 11) is 0. The minimum Gasteiger partial charge on any atom is -0.465 e. The van der Waals surface area contributed by atoms with Crippen molar-refractivity contribution in [1.82, 2.24) is 0 Å². The van der Waals surface area contributed by atoms with Crippen LogP contribution in [0.4, 0.5) is 13.2 Å². The molecule has 0 saturated heterocycles. The van der Waals surface area contributed by atoms with E-state index >= 15 is 0 Å². The maximum Gasteiger partial charge on any atom is 0.573 e. The lowest BCUT2D eigenvalue weighted by molar-refractivity contribution is -0.274. The number of carbonyl (C=O) groups is 1. The molecule has 2 N–H and O–H groups in total. The van der Waals surface area contributed by atoms with E-state index in [1.807, 2.05) is 0 Å². The molecule has 0 radical (unpaired) electrons. The van der Waals surface area contributed by atoms with Gasteiger partial charge in [-0.15, -0.1) is 13.2 Å². The van der Waals surface area contributed by atoms with Crippen molar-refractivity contribution in [1.29, 1.82) is 0 Å². The second-order valence-corrected chi connectivity index (χ2v) is 4.90. The lowest BCUT2D eigenvalue weighted by Gasteiger charge is -2.09. The molecule has 0 aliphatic heterocycles. The normalized spacial score (nSPS) is 12.7. The van der Waals surface area contributed by atoms with Crippen molar-refractivity contribution in [3.05, 3.63) is 42.2 Å². The molecule has 0 amide bonds. The van der Waals surface area contributed by atoms with Crippen LogP contribution in [0.25, 0.3) is 11.3 Å². The Hall–Kier alpha value is -2.48. The molecule has 5 nitrogen and oxygen atoms in total. The molecular weight excluding hydrogens is 327 g/mol. The third kappa shape index (κ3) is 5.02. The molecule has 2 rings (SSSR count). The molecule has 0 fully saturated rings. The Bertz CT molecular complexity index is 679. The van der Waals surface area contributed by atoms with E-state index in [0.29, 0.717) is 17.1 Å². The zero-order valence-corrected chi connectivity index (χ0v) is 12.8. The maximum atomic E-state index is 12.1. The van der Waals surface area contributed by atoms with Crippen molar-refractivity contribution in [3.8, 4) is 17.1 Å². The summed E-state index contributed by atoms with van der Waals surface area (Å²) in [5.74, 6) is 0.0762. The highest BCUT2D eigenvalue weighted by atomic mass is 19.4. The minimum atomic E-state index is -4.73. The summed E-state index contributed by atoms with van der Waals surface area (Å²) in [6, 6.07) is 7.71. The number of esters is 1. The van der Waals surface area contributed by atoms with Crippen LogP contribution in [0.1, 0.15) is 12.7 Å². The fourth-order valence-electron chi connectivity index (χ4n) is 2.01. The summed E-state index contributed by atoms with van der Waals surface area (Å²) >= 11 is 0. The Morgan fingerprint density at radius 2 is 1.88 bits per heavy atom. The smallest absolute Gasteiger partial charge is 0.465 e. The molecular formula is C16H16F3NO4. The number of carbonyl (C=O) groups excluding carboxylic acids is 1. The standard InChI is InChI=1S/C16H16F3NO4/c1-2-22-15(21)13(20)9-12-7-8-14(23-12)10-3-5-11(6-4-10)24-16(17,18)19/h3-8,13H,2,9,20H2,1H3. The number of alkyl halides is 3. The van der Waals surface area contributed by atoms with E-state index in [-0.39, 0.29) is 18.8 Å². The predicted octanol–water partition coefficient (Wildman–Crippen LogP) is 3.28. The predicted molar refractivity (Wildman–Crippen MR) is 79.1 cm³/mol. The van der Waals surface area contributed by atoms with Crippen molar-refractivity contribution in [3.63, 3.8) is 0 Å². The van der Waals surface area contributed by atoms with Crippen LogP contribution in [-0.4, -0.2) is 25.0 Å². The summed E-state index contributed by atoms with van der Waals surface area (Å²) in [5, 5.41) is 0. The highest BCUT2D eigenvalue weighted by Crippen LogP contribution is 2.27. The van der Waals surface area contributed by atoms with Crippen molar-refractivity contribution >= 4 is 5.97 Å². The first-order chi connectivity index (χ1) is 11.3. The number of halogens is 3. The molecule has 1 aromatic carbocycles. The van der Waals surface area contributed by atoms with Gasteiger partial charge in [0.05, 0.1) is 6.61 Å². The van der Waals surface area contributed by atoms with E-state index in [1.54, 1.807) is 19.1 Å². The van der Waals surface area contributed by atoms with Gasteiger partial charge in [-0.25, -0.2) is 0 Å². The summed E-state index contributed by atoms with van der Waals surface area (Å²) in [6.07, 6.45) is -4.57. The highest BCUT2D eigenvalue weighted by Gasteiger charge is 2.31. The number of rotatable bonds is 6. The van der Waals surface area contributed by atoms with Gasteiger partial charge in [0.25, 0.3) is 0 Å². The minimum absolute atomic E-state index is 0.161. The number of hydrogen-bond donors (Lipinski definition) is 1. The Morgan fingerprint density at radius 3 is 2.46 bits per heavy atom. The molecule has 130 valence electrons. The van der Waals surface area contributed by atoms with Crippen LogP contribution >= 0.6 is 0 Å². The highest BCUT2D eigenvalue weighted by molar-refractivity contribution is 5.75. The molecule has 0 saturated carbocycles. The van der Waals surface area contributed by atoms with Crippen LogP contribution in [0, 0.1) is 0 Å². The molecule has 0 spiro atoms. The van der Waals surface area contributed by atoms with Gasteiger partial charge in [-0.05, 0) is 43.3 Å². The third-order valence-corrected chi connectivity index (χ3v) is 3.04. The average molecular weight is 343 g/mol. The summed E-state index contributed by atoms with van der Waals surface area (Å²) in [6.45, 7) is 1.92. The lowest BCUT2D eigenvalue weighted by Crippen LogP contribution is -2.34. The zero-order valence-electron chi connectivity index (χ0n) is 12.8. The SMILES string of the molecule is CCOC(=O)C(N)Cc1ccc(-c2ccc(OC(F)(F)F)cc2)o1. The fraction of sp³-hybridized carbons (Fsp3) is 0.312. The van der Waals surface area contributed by atoms with E-state index in [0.717, 1.165) is 0 Å². The van der Waals surface area contributed by atoms with Crippen molar-refractivity contribution in [2.45, 2.75) is 25.7 Å². The number of hydrogen-bond acceptors (Lipinski definition) is 5. The van der Waals surface area contributed by atoms with Gasteiger partial charge in [-0.1, -0.05) is 0 Å². The second kappa shape index (κ2) is 7.39. The zero-order chi connectivity index (χ0) is 17.7. The van der Waals surface area contributed by atoms with Gasteiger partial charge in [-0.2, -0.15) is 0 Å². The van der Waals surface area contributed by atoms with Gasteiger partial charge in [0.15, 0.2) is 0 Å². The number of ether oxygens (including phenoxy) is 2. The molecule has 1 aromatic heterocycles. The number of nitrogens with two attached hydrogens (primary N) is 1. The van der Waals surface area contributed by atoms with Crippen LogP contribution in [0.2, 0.25) is 0 Å². The van der Waals surface area contributed by atoms with Crippen LogP contribution in [0.15, 0.2) is 40.8 Å². The van der Waals surface area contributed by atoms with E-state index < -0.39 is 18.4 Å². The first-order valence-corrected chi connectivity index (χ1v) is 7.15. The molecule has 0 bridgehead atoms. The summed E-state index contributed by atoms with van der Waals surface area (Å²) in [4.78, 5) is 11.5. The Labute approximate surface area is 136 Å². The van der Waals surface area contributed by atoms with Crippen LogP contribution in [0.5, 0.6) is 5.75 Å². The van der Waals surface area contributed by atoms with Crippen molar-refractivity contribution in [2.75, 3.05) is 6.61 Å². The van der Waals surface area contributed by atoms with Gasteiger partial charge in [0, 0.05) is 12.0 Å². The van der Waals surface area contributed by atoms with Gasteiger partial charge < -0.3 is 19.6 Å². The van der Waals surface area contributed by atoms with Crippen LogP contribution in [-0.2, 0) is 16.0 Å². The van der Waals surface area contributed by atoms with Crippen molar-refractivity contribution in [2.24, 2.45) is 5.73 Å². The molecule has 8 heteroatoms. The Kier molecular flexibility index (Phi) is 5.50. The summed E-state index contributed by atoms with van der Waals surface area (Å²) < 4.78 is 50.5. The quantitative estimate of drug-likeness (QED) is 0.815. The largest absolute Gasteiger partial charge is 0.573 e. The van der Waals surface area contributed by atoms with E-state index in [9.17, 15) is 18.0 Å². The van der Waals surface area contributed by atoms with Gasteiger partial charge in [0.1, 0.15) is 23.3 Å². The van der Waals surface area contributed by atoms with Gasteiger partial charge in [-0.3, -0.25) is 4.79 Å². The molecule has 1 unspecified atom stereocenters. The molecule has 0 aliphatic rings. The monoisotopic (exact) mass is 343 g/mol. The number of furan rings is 1. The number of benzene rings is 1. The van der Waals surface area contributed by atoms with Crippen molar-refractivity contribution < 1.29 is 31.9 Å². The van der Waals surface area contributed by atoms with E-state index in [4.69, 9.17) is 14.9 Å². The van der Waals surface area contributed by atoms with E-state index in [2.05, 4.69) is 4.74 Å². The van der Waals surface area contributed by atoms with Gasteiger partial charge in [0.2, 0.25) is 0 Å². The van der Waals surface area contributed by atoms with Crippen LogP contribution in [0.3, 0.4) is 0 Å². The third-order valence-electron chi connectivity index (χ3n) is 3.04. The molecule has 24 heavy (non-hydrogen) atoms. The Balaban J connectivity index is 2.03. The maximum absolute atomic E-state index is 12.1. The van der Waals surface area contributed by atoms with Crippen LogP contribution < -0.4 is 10.5 Å². The summed E-state index contributed by atoms with van der Waals surface area (Å²) in [5.41, 5.74) is 6.27. The first-order valence-electron chi connectivity index (χ1n) is 7.15. The molecule has 1 atom stereocenters. The van der Waals surface area contributed by atoms with E-state index in [1.165, 1.54) is 24.3 Å². The molecule has 1 heterocycles. The molecule has 0 aliphatic carbocycles. The first kappa shape index (κ1) is 17.9. The second-order valence-electron chi connectivity index (χ2n) is 4.90. The fourth-order valence-corrected chi connectivity index (χ4v) is 2.01. The molecule has 2 aromatic rings.